The van der Waals surface area contributed by atoms with Crippen molar-refractivity contribution in [1.82, 2.24) is 0 Å². The molecule has 4 N–H and O–H groups in total. The SMILES string of the molecule is CC/C=C\C/C=C\C/C=C\C/C=C\C/C=C\C/C=C\CCCCCCCCCCCCCCCCCCC(=O)OCC(O)COP(=O)(O)OCC(O)COP(=O)(O)OCC(COC(=O)CCCCCCCCCCCCCCC/C=C\C/C=C\C/C=C\C/C=C\CCCCC)OC(=O)CCCCCC/C=C\C/C=C\C/C=C\C/C=C\CC. The van der Waals surface area contributed by atoms with Gasteiger partial charge in [-0.1, -0.05) is 377 Å². The Balaban J connectivity index is 4.49. The number of esters is 3. The van der Waals surface area contributed by atoms with Crippen LogP contribution in [0.3, 0.4) is 0 Å². The first-order valence-electron chi connectivity index (χ1n) is 46.4. The van der Waals surface area contributed by atoms with Gasteiger partial charge in [-0.05, 0) is 154 Å². The van der Waals surface area contributed by atoms with Crippen LogP contribution in [-0.2, 0) is 55.8 Å². The highest BCUT2D eigenvalue weighted by Gasteiger charge is 2.29. The molecule has 117 heavy (non-hydrogen) atoms. The number of allylic oxidation sites excluding steroid dienone is 28. The number of phosphoric acid groups is 2. The number of hydrogen-bond donors (Lipinski definition) is 4. The van der Waals surface area contributed by atoms with Gasteiger partial charge in [0.05, 0.1) is 26.4 Å². The zero-order chi connectivity index (χ0) is 85.1. The Labute approximate surface area is 713 Å². The van der Waals surface area contributed by atoms with Crippen molar-refractivity contribution < 1.29 is 75.8 Å². The van der Waals surface area contributed by atoms with Crippen molar-refractivity contribution in [2.45, 2.75) is 399 Å². The first kappa shape index (κ1) is 112. The van der Waals surface area contributed by atoms with E-state index in [0.29, 0.717) is 19.3 Å². The second-order valence-electron chi connectivity index (χ2n) is 30.7. The van der Waals surface area contributed by atoms with E-state index >= 15 is 0 Å². The molecule has 670 valence electrons. The van der Waals surface area contributed by atoms with Gasteiger partial charge in [0.1, 0.15) is 25.4 Å². The molecule has 0 aromatic heterocycles. The molecule has 0 aromatic rings. The number of aliphatic hydroxyl groups is 2. The molecule has 5 atom stereocenters. The van der Waals surface area contributed by atoms with Crippen molar-refractivity contribution in [2.24, 2.45) is 0 Å². The molecule has 18 heteroatoms. The van der Waals surface area contributed by atoms with E-state index in [9.17, 15) is 43.5 Å². The molecule has 0 fully saturated rings. The third-order valence-corrected chi connectivity index (χ3v) is 21.3. The Morgan fingerprint density at radius 3 is 0.718 bits per heavy atom. The van der Waals surface area contributed by atoms with Gasteiger partial charge in [-0.25, -0.2) is 9.13 Å². The van der Waals surface area contributed by atoms with Crippen LogP contribution in [0, 0.1) is 0 Å². The quantitative estimate of drug-likeness (QED) is 0.0146. The number of carbonyl (C=O) groups is 3. The number of ether oxygens (including phenoxy) is 3. The molecule has 0 radical (unpaired) electrons. The average molecular weight is 1680 g/mol. The van der Waals surface area contributed by atoms with Crippen molar-refractivity contribution in [3.63, 3.8) is 0 Å². The maximum atomic E-state index is 13.0. The van der Waals surface area contributed by atoms with E-state index in [1.807, 2.05) is 0 Å². The van der Waals surface area contributed by atoms with Crippen LogP contribution in [-0.4, -0.2) is 95.9 Å². The van der Waals surface area contributed by atoms with Gasteiger partial charge < -0.3 is 34.2 Å². The van der Waals surface area contributed by atoms with Gasteiger partial charge in [0.2, 0.25) is 0 Å². The number of carbonyl (C=O) groups excluding carboxylic acids is 3. The Morgan fingerprint density at radius 2 is 0.453 bits per heavy atom. The normalized spacial score (nSPS) is 14.6. The van der Waals surface area contributed by atoms with Gasteiger partial charge in [0.15, 0.2) is 6.10 Å². The van der Waals surface area contributed by atoms with E-state index in [2.05, 4.69) is 191 Å². The molecular formula is C99H168O16P2. The molecule has 0 bridgehead atoms. The van der Waals surface area contributed by atoms with Gasteiger partial charge in [0.25, 0.3) is 0 Å². The third-order valence-electron chi connectivity index (χ3n) is 19.4. The number of aliphatic hydroxyl groups excluding tert-OH is 2. The van der Waals surface area contributed by atoms with Gasteiger partial charge >= 0.3 is 33.6 Å². The molecule has 0 amide bonds. The molecule has 0 aromatic carbocycles. The molecule has 0 saturated carbocycles. The standard InChI is InChI=1S/C99H168O16P2/c1-4-7-10-13-16-19-22-25-28-31-33-35-37-39-41-43-44-45-46-47-48-50-52-53-55-57-59-62-64-67-70-73-76-79-82-85-97(102)109-88-94(100)89-111-116(105,106)112-90-95(101)91-113-117(107,108)114-93-96(115-99(104)87-84-81-78-75-72-69-66-61-30-27-24-21-18-15-12-9-6-3)92-110-98(103)86-83-80-77-74-71-68-65-63-60-58-56-54-51-49-42-40-38-36-34-32-29-26-23-20-17-14-11-8-5-2/h7,9-10,12,16-21,25-30,33-36,39-42,44-45,66,69,94-96,100-101H,4-6,8,11,13-15,22-24,31-32,37-38,43,46-65,67-68,70-93H2,1-3H3,(H,105,106)(H,107,108)/b10-7-,12-9-,19-16-,20-17-,21-18-,28-25-,29-26-,30-27-,35-33-,36-34-,41-39-,42-40-,45-44-,69-66-. The first-order valence-corrected chi connectivity index (χ1v) is 49.4. The monoisotopic (exact) mass is 1680 g/mol. The summed E-state index contributed by atoms with van der Waals surface area (Å²) in [6.45, 7) is 2.43. The molecule has 0 aliphatic rings. The van der Waals surface area contributed by atoms with E-state index in [1.165, 1.54) is 161 Å². The topological polar surface area (TPSA) is 231 Å². The van der Waals surface area contributed by atoms with Crippen LogP contribution in [0.15, 0.2) is 170 Å². The Morgan fingerprint density at radius 1 is 0.248 bits per heavy atom. The predicted molar refractivity (Wildman–Crippen MR) is 491 cm³/mol. The summed E-state index contributed by atoms with van der Waals surface area (Å²) < 4.78 is 61.4. The highest BCUT2D eigenvalue weighted by atomic mass is 31.2. The zero-order valence-corrected chi connectivity index (χ0v) is 75.6. The fraction of sp³-hybridized carbons (Fsp3) is 0.687. The van der Waals surface area contributed by atoms with Crippen LogP contribution in [0.25, 0.3) is 0 Å². The molecule has 0 aliphatic heterocycles. The van der Waals surface area contributed by atoms with Crippen LogP contribution < -0.4 is 0 Å². The van der Waals surface area contributed by atoms with Crippen LogP contribution >= 0.6 is 15.6 Å². The summed E-state index contributed by atoms with van der Waals surface area (Å²) in [4.78, 5) is 58.9. The lowest BCUT2D eigenvalue weighted by Crippen LogP contribution is -2.30. The maximum absolute atomic E-state index is 13.0. The molecule has 0 aliphatic carbocycles. The first-order chi connectivity index (χ1) is 57.2. The maximum Gasteiger partial charge on any atom is 0.472 e. The van der Waals surface area contributed by atoms with Crippen molar-refractivity contribution in [3.8, 4) is 0 Å². The minimum atomic E-state index is -4.95. The van der Waals surface area contributed by atoms with Crippen molar-refractivity contribution >= 4 is 33.6 Å². The summed E-state index contributed by atoms with van der Waals surface area (Å²) in [5, 5.41) is 20.7. The zero-order valence-electron chi connectivity index (χ0n) is 73.8. The van der Waals surface area contributed by atoms with E-state index in [4.69, 9.17) is 32.3 Å². The summed E-state index contributed by atoms with van der Waals surface area (Å²) in [7, 11) is -9.82. The number of phosphoric ester groups is 2. The molecular weight excluding hydrogens is 1510 g/mol. The van der Waals surface area contributed by atoms with Gasteiger partial charge in [-0.15, -0.1) is 0 Å². The second kappa shape index (κ2) is 90.2. The van der Waals surface area contributed by atoms with Gasteiger partial charge in [-0.3, -0.25) is 32.5 Å². The fourth-order valence-electron chi connectivity index (χ4n) is 12.4. The molecule has 5 unspecified atom stereocenters. The lowest BCUT2D eigenvalue weighted by molar-refractivity contribution is -0.161. The predicted octanol–water partition coefficient (Wildman–Crippen LogP) is 28.7. The second-order valence-corrected chi connectivity index (χ2v) is 33.6. The van der Waals surface area contributed by atoms with Crippen LogP contribution in [0.1, 0.15) is 380 Å². The summed E-state index contributed by atoms with van der Waals surface area (Å²) in [5.41, 5.74) is 0. The lowest BCUT2D eigenvalue weighted by Gasteiger charge is -2.21. The summed E-state index contributed by atoms with van der Waals surface area (Å²) in [6.07, 6.45) is 117. The smallest absolute Gasteiger partial charge is 0.463 e. The minimum Gasteiger partial charge on any atom is -0.463 e. The van der Waals surface area contributed by atoms with E-state index in [0.717, 1.165) is 161 Å². The molecule has 0 heterocycles. The molecule has 0 spiro atoms. The highest BCUT2D eigenvalue weighted by molar-refractivity contribution is 7.47. The largest absolute Gasteiger partial charge is 0.472 e. The molecule has 0 rings (SSSR count). The van der Waals surface area contributed by atoms with Crippen LogP contribution in [0.5, 0.6) is 0 Å². The molecule has 16 nitrogen and oxygen atoms in total. The summed E-state index contributed by atoms with van der Waals surface area (Å²) >= 11 is 0. The van der Waals surface area contributed by atoms with E-state index < -0.39 is 91.5 Å². The highest BCUT2D eigenvalue weighted by Crippen LogP contribution is 2.45. The van der Waals surface area contributed by atoms with Crippen molar-refractivity contribution in [1.29, 1.82) is 0 Å². The molecule has 0 saturated heterocycles. The van der Waals surface area contributed by atoms with Gasteiger partial charge in [-0.2, -0.15) is 0 Å². The van der Waals surface area contributed by atoms with Gasteiger partial charge in [0, 0.05) is 19.3 Å². The van der Waals surface area contributed by atoms with Crippen molar-refractivity contribution in [3.05, 3.63) is 170 Å². The summed E-state index contributed by atoms with van der Waals surface area (Å²) in [6, 6.07) is 0. The third kappa shape index (κ3) is 91.5. The Kier molecular flexibility index (Phi) is 86.2. The Bertz CT molecular complexity index is 2810. The van der Waals surface area contributed by atoms with Crippen LogP contribution in [0.2, 0.25) is 0 Å². The average Bonchev–Trinajstić information content (AvgIpc) is 0.901. The Hall–Kier alpha value is -5.09. The number of rotatable bonds is 87. The van der Waals surface area contributed by atoms with Crippen LogP contribution in [0.4, 0.5) is 0 Å². The number of unbranched alkanes of at least 4 members (excludes halogenated alkanes) is 36. The summed E-state index contributed by atoms with van der Waals surface area (Å²) in [5.74, 6) is -1.60. The van der Waals surface area contributed by atoms with E-state index in [1.54, 1.807) is 0 Å². The van der Waals surface area contributed by atoms with E-state index in [-0.39, 0.29) is 19.3 Å². The van der Waals surface area contributed by atoms with Crippen molar-refractivity contribution in [2.75, 3.05) is 39.6 Å². The fourth-order valence-corrected chi connectivity index (χ4v) is 14.0. The lowest BCUT2D eigenvalue weighted by atomic mass is 10.0. The number of hydrogen-bond acceptors (Lipinski definition) is 14. The minimum absolute atomic E-state index is 0.0733.